The number of methoxy groups -OCH3 is 1. The van der Waals surface area contributed by atoms with Gasteiger partial charge in [0.2, 0.25) is 0 Å². The highest BCUT2D eigenvalue weighted by Gasteiger charge is 2.07. The summed E-state index contributed by atoms with van der Waals surface area (Å²) < 4.78 is 11.7. The molecule has 134 valence electrons. The molecule has 0 aliphatic rings. The number of rotatable bonds is 7. The number of aromatic nitrogens is 2. The van der Waals surface area contributed by atoms with Gasteiger partial charge in [-0.2, -0.15) is 5.10 Å². The molecule has 3 rings (SSSR count). The number of hydrogen-bond donors (Lipinski definition) is 1. The summed E-state index contributed by atoms with van der Waals surface area (Å²) in [5, 5.41) is 7.12. The number of carbonyl (C=O) groups excluding carboxylic acids is 1. The lowest BCUT2D eigenvalue weighted by Gasteiger charge is -2.08. The third-order valence-electron chi connectivity index (χ3n) is 3.82. The summed E-state index contributed by atoms with van der Waals surface area (Å²) in [5.41, 5.74) is 0.958. The maximum Gasteiger partial charge on any atom is 0.266 e. The quantitative estimate of drug-likeness (QED) is 0.659. The molecule has 7 nitrogen and oxygen atoms in total. The summed E-state index contributed by atoms with van der Waals surface area (Å²) >= 11 is 0. The lowest BCUT2D eigenvalue weighted by atomic mass is 10.2. The van der Waals surface area contributed by atoms with Gasteiger partial charge in [0.1, 0.15) is 11.4 Å². The Balaban J connectivity index is 1.54. The van der Waals surface area contributed by atoms with Gasteiger partial charge in [-0.05, 0) is 48.9 Å². The number of nitrogens with zero attached hydrogens (tertiary/aromatic N) is 2. The minimum absolute atomic E-state index is 0.169. The molecule has 1 amide bonds. The molecular formula is C19H19N3O4. The summed E-state index contributed by atoms with van der Waals surface area (Å²) in [7, 11) is 1.58. The maximum atomic E-state index is 12.1. The predicted molar refractivity (Wildman–Crippen MR) is 96.1 cm³/mol. The van der Waals surface area contributed by atoms with E-state index >= 15 is 0 Å². The smallest absolute Gasteiger partial charge is 0.266 e. The third kappa shape index (κ3) is 4.18. The van der Waals surface area contributed by atoms with E-state index < -0.39 is 0 Å². The van der Waals surface area contributed by atoms with Gasteiger partial charge in [-0.15, -0.1) is 0 Å². The summed E-state index contributed by atoms with van der Waals surface area (Å²) in [6.45, 7) is 0.834. The van der Waals surface area contributed by atoms with Gasteiger partial charge < -0.3 is 14.5 Å². The van der Waals surface area contributed by atoms with Gasteiger partial charge in [0.05, 0.1) is 13.4 Å². The van der Waals surface area contributed by atoms with Crippen LogP contribution in [0.1, 0.15) is 16.8 Å². The highest BCUT2D eigenvalue weighted by atomic mass is 16.5. The van der Waals surface area contributed by atoms with E-state index in [1.807, 2.05) is 0 Å². The van der Waals surface area contributed by atoms with E-state index in [0.717, 1.165) is 0 Å². The van der Waals surface area contributed by atoms with Gasteiger partial charge >= 0.3 is 0 Å². The van der Waals surface area contributed by atoms with Crippen LogP contribution in [0.25, 0.3) is 11.5 Å². The van der Waals surface area contributed by atoms with Gasteiger partial charge in [0.15, 0.2) is 5.76 Å². The van der Waals surface area contributed by atoms with Crippen molar-refractivity contribution in [2.75, 3.05) is 13.7 Å². The molecule has 0 unspecified atom stereocenters. The second-order valence-electron chi connectivity index (χ2n) is 5.60. The molecule has 7 heteroatoms. The molecular weight excluding hydrogens is 334 g/mol. The van der Waals surface area contributed by atoms with Crippen molar-refractivity contribution in [1.82, 2.24) is 15.1 Å². The lowest BCUT2D eigenvalue weighted by molar-refractivity contribution is 0.0952. The van der Waals surface area contributed by atoms with E-state index in [9.17, 15) is 9.59 Å². The van der Waals surface area contributed by atoms with E-state index in [0.29, 0.717) is 42.3 Å². The van der Waals surface area contributed by atoms with Crippen molar-refractivity contribution in [3.05, 3.63) is 70.7 Å². The molecule has 0 aliphatic heterocycles. The van der Waals surface area contributed by atoms with Crippen LogP contribution in [0.2, 0.25) is 0 Å². The van der Waals surface area contributed by atoms with Crippen molar-refractivity contribution in [2.24, 2.45) is 0 Å². The Morgan fingerprint density at radius 3 is 2.69 bits per heavy atom. The third-order valence-corrected chi connectivity index (χ3v) is 3.82. The van der Waals surface area contributed by atoms with E-state index in [2.05, 4.69) is 10.4 Å². The first-order valence-electron chi connectivity index (χ1n) is 8.21. The molecule has 2 aromatic heterocycles. The molecule has 0 atom stereocenters. The van der Waals surface area contributed by atoms with E-state index in [1.165, 1.54) is 10.7 Å². The fourth-order valence-corrected chi connectivity index (χ4v) is 2.44. The summed E-state index contributed by atoms with van der Waals surface area (Å²) in [4.78, 5) is 24.0. The van der Waals surface area contributed by atoms with Crippen LogP contribution >= 0.6 is 0 Å². The van der Waals surface area contributed by atoms with E-state index in [1.54, 1.807) is 55.8 Å². The van der Waals surface area contributed by atoms with Crippen LogP contribution in [0.15, 0.2) is 64.0 Å². The normalized spacial score (nSPS) is 10.5. The average molecular weight is 353 g/mol. The fourth-order valence-electron chi connectivity index (χ4n) is 2.44. The molecule has 3 aromatic rings. The molecule has 0 spiro atoms. The Hall–Kier alpha value is -3.35. The van der Waals surface area contributed by atoms with Crippen LogP contribution in [0.3, 0.4) is 0 Å². The molecule has 0 fully saturated rings. The first-order chi connectivity index (χ1) is 12.7. The number of carbonyl (C=O) groups is 1. The SMILES string of the molecule is COc1ccc(C(=O)NCCCn2nc(-c3ccco3)ccc2=O)cc1. The van der Waals surface area contributed by atoms with Gasteiger partial charge in [-0.3, -0.25) is 9.59 Å². The van der Waals surface area contributed by atoms with E-state index in [4.69, 9.17) is 9.15 Å². The molecule has 0 bridgehead atoms. The number of ether oxygens (including phenoxy) is 1. The Morgan fingerprint density at radius 2 is 2.00 bits per heavy atom. The van der Waals surface area contributed by atoms with Gasteiger partial charge in [-0.25, -0.2) is 4.68 Å². The largest absolute Gasteiger partial charge is 0.497 e. The number of hydrogen-bond acceptors (Lipinski definition) is 5. The highest BCUT2D eigenvalue weighted by Crippen LogP contribution is 2.15. The fraction of sp³-hybridized carbons (Fsp3) is 0.211. The van der Waals surface area contributed by atoms with Gasteiger partial charge in [0.25, 0.3) is 11.5 Å². The molecule has 26 heavy (non-hydrogen) atoms. The maximum absolute atomic E-state index is 12.1. The molecule has 0 saturated heterocycles. The first kappa shape index (κ1) is 17.5. The van der Waals surface area contributed by atoms with Crippen molar-refractivity contribution in [3.63, 3.8) is 0 Å². The van der Waals surface area contributed by atoms with Gasteiger partial charge in [0, 0.05) is 24.7 Å². The Bertz CT molecular complexity index is 915. The molecule has 1 aromatic carbocycles. The number of amides is 1. The minimum Gasteiger partial charge on any atom is -0.497 e. The number of benzene rings is 1. The summed E-state index contributed by atoms with van der Waals surface area (Å²) in [6, 6.07) is 13.5. The standard InChI is InChI=1S/C19H19N3O4/c1-25-15-7-5-14(6-8-15)19(24)20-11-3-12-22-18(23)10-9-16(21-22)17-4-2-13-26-17/h2,4-10,13H,3,11-12H2,1H3,(H,20,24). The summed E-state index contributed by atoms with van der Waals surface area (Å²) in [5.74, 6) is 1.13. The van der Waals surface area contributed by atoms with Crippen molar-refractivity contribution in [2.45, 2.75) is 13.0 Å². The first-order valence-corrected chi connectivity index (χ1v) is 8.21. The van der Waals surface area contributed by atoms with Crippen LogP contribution in [-0.2, 0) is 6.54 Å². The minimum atomic E-state index is -0.193. The average Bonchev–Trinajstić information content (AvgIpc) is 3.21. The zero-order valence-corrected chi connectivity index (χ0v) is 14.3. The zero-order chi connectivity index (χ0) is 18.4. The van der Waals surface area contributed by atoms with Crippen LogP contribution in [-0.4, -0.2) is 29.3 Å². The molecule has 1 N–H and O–H groups in total. The van der Waals surface area contributed by atoms with Crippen LogP contribution in [0.4, 0.5) is 0 Å². The predicted octanol–water partition coefficient (Wildman–Crippen LogP) is 2.33. The van der Waals surface area contributed by atoms with Crippen molar-refractivity contribution in [3.8, 4) is 17.2 Å². The second kappa shape index (κ2) is 8.15. The molecule has 0 saturated carbocycles. The number of furan rings is 1. The Morgan fingerprint density at radius 1 is 1.19 bits per heavy atom. The Labute approximate surface area is 150 Å². The highest BCUT2D eigenvalue weighted by molar-refractivity contribution is 5.94. The Kier molecular flexibility index (Phi) is 5.48. The van der Waals surface area contributed by atoms with Gasteiger partial charge in [-0.1, -0.05) is 0 Å². The van der Waals surface area contributed by atoms with E-state index in [-0.39, 0.29) is 11.5 Å². The topological polar surface area (TPSA) is 86.4 Å². The van der Waals surface area contributed by atoms with Crippen molar-refractivity contribution >= 4 is 5.91 Å². The second-order valence-corrected chi connectivity index (χ2v) is 5.60. The number of nitrogens with one attached hydrogen (secondary N) is 1. The zero-order valence-electron chi connectivity index (χ0n) is 14.3. The van der Waals surface area contributed by atoms with Crippen LogP contribution < -0.4 is 15.6 Å². The lowest BCUT2D eigenvalue weighted by Crippen LogP contribution is -2.28. The number of aryl methyl sites for hydroxylation is 1. The molecule has 0 radical (unpaired) electrons. The summed E-state index contributed by atoms with van der Waals surface area (Å²) in [6.07, 6.45) is 2.14. The molecule has 2 heterocycles. The molecule has 0 aliphatic carbocycles. The van der Waals surface area contributed by atoms with Crippen LogP contribution in [0, 0.1) is 0 Å². The van der Waals surface area contributed by atoms with Crippen LogP contribution in [0.5, 0.6) is 5.75 Å². The van der Waals surface area contributed by atoms with Crippen molar-refractivity contribution < 1.29 is 13.9 Å². The monoisotopic (exact) mass is 353 g/mol. The van der Waals surface area contributed by atoms with Crippen molar-refractivity contribution in [1.29, 1.82) is 0 Å².